The second kappa shape index (κ2) is 5.57. The van der Waals surface area contributed by atoms with Crippen molar-refractivity contribution in [3.05, 3.63) is 48.0 Å². The number of carbonyl (C=O) groups is 1. The first-order valence-electron chi connectivity index (χ1n) is 6.04. The molecule has 0 aliphatic heterocycles. The molecule has 110 valence electrons. The number of rotatable bonds is 4. The second-order valence-electron chi connectivity index (χ2n) is 4.56. The number of carboxylic acids is 1. The standard InChI is InChI=1S/C15H14O5S/c1-20-13-7-11(6-12(8-13)15(16)17)10-4-3-5-14(9-10)21(2,18)19/h3-9H,1-2H3,(H,16,17). The van der Waals surface area contributed by atoms with E-state index in [-0.39, 0.29) is 10.5 Å². The fourth-order valence-electron chi connectivity index (χ4n) is 1.91. The maximum atomic E-state index is 11.6. The SMILES string of the molecule is COc1cc(C(=O)O)cc(-c2cccc(S(C)(=O)=O)c2)c1. The summed E-state index contributed by atoms with van der Waals surface area (Å²) in [7, 11) is -1.88. The molecule has 21 heavy (non-hydrogen) atoms. The predicted octanol–water partition coefficient (Wildman–Crippen LogP) is 2.46. The molecule has 1 N–H and O–H groups in total. The number of aromatic carboxylic acids is 1. The fourth-order valence-corrected chi connectivity index (χ4v) is 2.58. The van der Waals surface area contributed by atoms with Crippen molar-refractivity contribution in [3.8, 4) is 16.9 Å². The highest BCUT2D eigenvalue weighted by molar-refractivity contribution is 7.90. The van der Waals surface area contributed by atoms with Crippen LogP contribution >= 0.6 is 0 Å². The Morgan fingerprint density at radius 3 is 2.38 bits per heavy atom. The summed E-state index contributed by atoms with van der Waals surface area (Å²) < 4.78 is 28.3. The minimum atomic E-state index is -3.32. The third kappa shape index (κ3) is 3.41. The van der Waals surface area contributed by atoms with Crippen LogP contribution in [0.4, 0.5) is 0 Å². The van der Waals surface area contributed by atoms with Crippen molar-refractivity contribution in [1.82, 2.24) is 0 Å². The predicted molar refractivity (Wildman–Crippen MR) is 78.5 cm³/mol. The molecule has 0 heterocycles. The number of benzene rings is 2. The van der Waals surface area contributed by atoms with Crippen LogP contribution in [0.1, 0.15) is 10.4 Å². The van der Waals surface area contributed by atoms with Crippen molar-refractivity contribution in [2.24, 2.45) is 0 Å². The van der Waals surface area contributed by atoms with E-state index in [1.165, 1.54) is 31.4 Å². The summed E-state index contributed by atoms with van der Waals surface area (Å²) in [5.74, 6) is -0.677. The fraction of sp³-hybridized carbons (Fsp3) is 0.133. The largest absolute Gasteiger partial charge is 0.497 e. The normalized spacial score (nSPS) is 11.1. The summed E-state index contributed by atoms with van der Waals surface area (Å²) in [6.45, 7) is 0. The van der Waals surface area contributed by atoms with Crippen molar-refractivity contribution in [3.63, 3.8) is 0 Å². The molecule has 0 fully saturated rings. The highest BCUT2D eigenvalue weighted by Crippen LogP contribution is 2.27. The topological polar surface area (TPSA) is 80.7 Å². The Labute approximate surface area is 122 Å². The molecular weight excluding hydrogens is 292 g/mol. The third-order valence-corrected chi connectivity index (χ3v) is 4.09. The van der Waals surface area contributed by atoms with Gasteiger partial charge in [0.1, 0.15) is 5.75 Å². The number of hydrogen-bond acceptors (Lipinski definition) is 4. The van der Waals surface area contributed by atoms with E-state index in [0.717, 1.165) is 6.26 Å². The minimum Gasteiger partial charge on any atom is -0.497 e. The lowest BCUT2D eigenvalue weighted by molar-refractivity contribution is 0.0696. The van der Waals surface area contributed by atoms with Gasteiger partial charge < -0.3 is 9.84 Å². The first kappa shape index (κ1) is 15.1. The first-order chi connectivity index (χ1) is 9.81. The van der Waals surface area contributed by atoms with E-state index in [4.69, 9.17) is 9.84 Å². The monoisotopic (exact) mass is 306 g/mol. The van der Waals surface area contributed by atoms with Crippen LogP contribution in [0.15, 0.2) is 47.4 Å². The molecule has 0 atom stereocenters. The summed E-state index contributed by atoms with van der Waals surface area (Å²) in [6.07, 6.45) is 1.13. The number of ether oxygens (including phenoxy) is 1. The Hall–Kier alpha value is -2.34. The average molecular weight is 306 g/mol. The van der Waals surface area contributed by atoms with E-state index >= 15 is 0 Å². The Kier molecular flexibility index (Phi) is 3.99. The summed E-state index contributed by atoms with van der Waals surface area (Å²) in [5, 5.41) is 9.11. The van der Waals surface area contributed by atoms with Crippen molar-refractivity contribution >= 4 is 15.8 Å². The van der Waals surface area contributed by atoms with Gasteiger partial charge in [0.15, 0.2) is 9.84 Å². The lowest BCUT2D eigenvalue weighted by atomic mass is 10.0. The molecule has 2 aromatic rings. The molecule has 0 spiro atoms. The van der Waals surface area contributed by atoms with E-state index < -0.39 is 15.8 Å². The zero-order valence-corrected chi connectivity index (χ0v) is 12.3. The van der Waals surface area contributed by atoms with Gasteiger partial charge in [-0.25, -0.2) is 13.2 Å². The number of methoxy groups -OCH3 is 1. The van der Waals surface area contributed by atoms with Crippen molar-refractivity contribution in [2.45, 2.75) is 4.90 Å². The first-order valence-corrected chi connectivity index (χ1v) is 7.93. The van der Waals surface area contributed by atoms with Crippen LogP contribution in [0, 0.1) is 0 Å². The molecule has 0 bridgehead atoms. The second-order valence-corrected chi connectivity index (χ2v) is 6.57. The van der Waals surface area contributed by atoms with Gasteiger partial charge in [-0.15, -0.1) is 0 Å². The smallest absolute Gasteiger partial charge is 0.335 e. The summed E-state index contributed by atoms with van der Waals surface area (Å²) in [4.78, 5) is 11.3. The van der Waals surface area contributed by atoms with Gasteiger partial charge in [0, 0.05) is 6.26 Å². The molecule has 0 saturated carbocycles. The maximum absolute atomic E-state index is 11.6. The van der Waals surface area contributed by atoms with Crippen molar-refractivity contribution in [1.29, 1.82) is 0 Å². The zero-order chi connectivity index (χ0) is 15.6. The van der Waals surface area contributed by atoms with Gasteiger partial charge >= 0.3 is 5.97 Å². The van der Waals surface area contributed by atoms with Gasteiger partial charge in [-0.05, 0) is 41.5 Å². The molecule has 0 unspecified atom stereocenters. The van der Waals surface area contributed by atoms with Crippen LogP contribution in [0.5, 0.6) is 5.75 Å². The minimum absolute atomic E-state index is 0.0779. The van der Waals surface area contributed by atoms with Gasteiger partial charge in [0.2, 0.25) is 0 Å². The Bertz CT molecular complexity index is 793. The van der Waals surface area contributed by atoms with Gasteiger partial charge in [0.05, 0.1) is 17.6 Å². The van der Waals surface area contributed by atoms with E-state index in [2.05, 4.69) is 0 Å². The molecule has 0 radical (unpaired) electrons. The van der Waals surface area contributed by atoms with Crippen molar-refractivity contribution < 1.29 is 23.1 Å². The van der Waals surface area contributed by atoms with Crippen LogP contribution < -0.4 is 4.74 Å². The lowest BCUT2D eigenvalue weighted by Gasteiger charge is -2.08. The van der Waals surface area contributed by atoms with Crippen LogP contribution in [0.3, 0.4) is 0 Å². The summed E-state index contributed by atoms with van der Waals surface area (Å²) >= 11 is 0. The molecule has 2 aromatic carbocycles. The van der Waals surface area contributed by atoms with Crippen LogP contribution in [-0.4, -0.2) is 32.9 Å². The molecular formula is C15H14O5S. The van der Waals surface area contributed by atoms with E-state index in [0.29, 0.717) is 16.9 Å². The zero-order valence-electron chi connectivity index (χ0n) is 11.5. The Morgan fingerprint density at radius 1 is 1.10 bits per heavy atom. The highest BCUT2D eigenvalue weighted by Gasteiger charge is 2.12. The number of carboxylic acid groups (broad SMARTS) is 1. The summed E-state index contributed by atoms with van der Waals surface area (Å²) in [6, 6.07) is 10.9. The Balaban J connectivity index is 2.61. The van der Waals surface area contributed by atoms with Crippen molar-refractivity contribution in [2.75, 3.05) is 13.4 Å². The van der Waals surface area contributed by atoms with Gasteiger partial charge in [0.25, 0.3) is 0 Å². The molecule has 0 saturated heterocycles. The number of hydrogen-bond donors (Lipinski definition) is 1. The van der Waals surface area contributed by atoms with Gasteiger partial charge in [-0.1, -0.05) is 12.1 Å². The Morgan fingerprint density at radius 2 is 1.81 bits per heavy atom. The van der Waals surface area contributed by atoms with E-state index in [1.54, 1.807) is 18.2 Å². The quantitative estimate of drug-likeness (QED) is 0.938. The van der Waals surface area contributed by atoms with Gasteiger partial charge in [-0.3, -0.25) is 0 Å². The average Bonchev–Trinajstić information content (AvgIpc) is 2.46. The lowest BCUT2D eigenvalue weighted by Crippen LogP contribution is -1.99. The van der Waals surface area contributed by atoms with E-state index in [1.807, 2.05) is 0 Å². The van der Waals surface area contributed by atoms with Crippen LogP contribution in [0.2, 0.25) is 0 Å². The summed E-state index contributed by atoms with van der Waals surface area (Å²) in [5.41, 5.74) is 1.27. The highest BCUT2D eigenvalue weighted by atomic mass is 32.2. The maximum Gasteiger partial charge on any atom is 0.335 e. The van der Waals surface area contributed by atoms with E-state index in [9.17, 15) is 13.2 Å². The molecule has 0 amide bonds. The molecule has 0 aromatic heterocycles. The van der Waals surface area contributed by atoms with Gasteiger partial charge in [-0.2, -0.15) is 0 Å². The number of sulfone groups is 1. The molecule has 2 rings (SSSR count). The van der Waals surface area contributed by atoms with Crippen LogP contribution in [-0.2, 0) is 9.84 Å². The van der Waals surface area contributed by atoms with Crippen LogP contribution in [0.25, 0.3) is 11.1 Å². The molecule has 0 aliphatic rings. The molecule has 6 heteroatoms. The molecule has 0 aliphatic carbocycles. The molecule has 5 nitrogen and oxygen atoms in total. The third-order valence-electron chi connectivity index (χ3n) is 2.98.